The third-order valence-electron chi connectivity index (χ3n) is 2.43. The van der Waals surface area contributed by atoms with Crippen LogP contribution in [0.5, 0.6) is 11.5 Å². The quantitative estimate of drug-likeness (QED) is 0.888. The first-order valence-corrected chi connectivity index (χ1v) is 4.97. The van der Waals surface area contributed by atoms with E-state index in [2.05, 4.69) is 0 Å². The Hall–Kier alpha value is -1.42. The van der Waals surface area contributed by atoms with Crippen molar-refractivity contribution < 1.29 is 19.4 Å². The van der Waals surface area contributed by atoms with E-state index < -0.39 is 5.97 Å². The smallest absolute Gasteiger partial charge is 0.339 e. The summed E-state index contributed by atoms with van der Waals surface area (Å²) in [6, 6.07) is 0. The van der Waals surface area contributed by atoms with Crippen molar-refractivity contribution in [1.29, 1.82) is 0 Å². The van der Waals surface area contributed by atoms with E-state index >= 15 is 0 Å². The molecular formula is C11H13ClO4. The number of ether oxygens (including phenoxy) is 2. The van der Waals surface area contributed by atoms with Crippen LogP contribution in [0.25, 0.3) is 0 Å². The highest BCUT2D eigenvalue weighted by molar-refractivity contribution is 6.33. The molecule has 0 unspecified atom stereocenters. The number of carbonyl (C=O) groups is 1. The Morgan fingerprint density at radius 3 is 2.00 bits per heavy atom. The second-order valence-corrected chi connectivity index (χ2v) is 3.69. The Morgan fingerprint density at radius 1 is 1.12 bits per heavy atom. The number of halogens is 1. The second-order valence-electron chi connectivity index (χ2n) is 3.31. The van der Waals surface area contributed by atoms with Crippen LogP contribution < -0.4 is 9.47 Å². The molecule has 16 heavy (non-hydrogen) atoms. The van der Waals surface area contributed by atoms with Gasteiger partial charge in [0, 0.05) is 11.1 Å². The molecule has 0 saturated carbocycles. The van der Waals surface area contributed by atoms with E-state index in [9.17, 15) is 4.79 Å². The van der Waals surface area contributed by atoms with Crippen molar-refractivity contribution in [3.63, 3.8) is 0 Å². The topological polar surface area (TPSA) is 55.8 Å². The van der Waals surface area contributed by atoms with Gasteiger partial charge in [-0.05, 0) is 13.8 Å². The number of aromatic carboxylic acids is 1. The molecule has 0 aliphatic rings. The van der Waals surface area contributed by atoms with E-state index in [-0.39, 0.29) is 11.3 Å². The molecule has 5 heteroatoms. The zero-order chi connectivity index (χ0) is 12.5. The van der Waals surface area contributed by atoms with Gasteiger partial charge < -0.3 is 14.6 Å². The largest absolute Gasteiger partial charge is 0.496 e. The summed E-state index contributed by atoms with van der Waals surface area (Å²) >= 11 is 6.06. The Kier molecular flexibility index (Phi) is 3.65. The van der Waals surface area contributed by atoms with Crippen molar-refractivity contribution in [3.8, 4) is 11.5 Å². The molecule has 1 aromatic carbocycles. The molecule has 0 aliphatic heterocycles. The molecule has 0 atom stereocenters. The zero-order valence-corrected chi connectivity index (χ0v) is 10.3. The summed E-state index contributed by atoms with van der Waals surface area (Å²) in [5, 5.41) is 9.51. The van der Waals surface area contributed by atoms with Crippen molar-refractivity contribution in [2.24, 2.45) is 0 Å². The van der Waals surface area contributed by atoms with Crippen molar-refractivity contribution in [2.45, 2.75) is 13.8 Å². The average molecular weight is 245 g/mol. The lowest BCUT2D eigenvalue weighted by Crippen LogP contribution is -2.07. The highest BCUT2D eigenvalue weighted by Crippen LogP contribution is 2.40. The van der Waals surface area contributed by atoms with Crippen LogP contribution in [0.15, 0.2) is 0 Å². The second kappa shape index (κ2) is 4.61. The number of carboxylic acids is 1. The third-order valence-corrected chi connectivity index (χ3v) is 2.89. The number of hydrogen-bond acceptors (Lipinski definition) is 3. The molecule has 0 radical (unpaired) electrons. The number of hydrogen-bond donors (Lipinski definition) is 1. The fourth-order valence-electron chi connectivity index (χ4n) is 1.66. The van der Waals surface area contributed by atoms with E-state index in [1.165, 1.54) is 14.2 Å². The van der Waals surface area contributed by atoms with E-state index in [1.54, 1.807) is 13.8 Å². The van der Waals surface area contributed by atoms with Crippen molar-refractivity contribution >= 4 is 17.6 Å². The van der Waals surface area contributed by atoms with Crippen LogP contribution in [0.4, 0.5) is 0 Å². The molecule has 1 aromatic rings. The lowest BCUT2D eigenvalue weighted by molar-refractivity contribution is 0.0692. The molecule has 0 aromatic heterocycles. The lowest BCUT2D eigenvalue weighted by atomic mass is 10.0. The molecule has 0 spiro atoms. The van der Waals surface area contributed by atoms with E-state index in [0.717, 1.165) is 0 Å². The number of rotatable bonds is 3. The van der Waals surface area contributed by atoms with Crippen LogP contribution in [0.1, 0.15) is 21.5 Å². The highest BCUT2D eigenvalue weighted by atomic mass is 35.5. The molecule has 4 nitrogen and oxygen atoms in total. The van der Waals surface area contributed by atoms with E-state index in [4.69, 9.17) is 26.2 Å². The maximum Gasteiger partial charge on any atom is 0.339 e. The first kappa shape index (κ1) is 12.6. The van der Waals surface area contributed by atoms with E-state index in [1.807, 2.05) is 0 Å². The molecule has 0 saturated heterocycles. The maximum atomic E-state index is 11.2. The predicted molar refractivity (Wildman–Crippen MR) is 61.0 cm³/mol. The minimum Gasteiger partial charge on any atom is -0.496 e. The number of benzene rings is 1. The minimum atomic E-state index is -1.06. The predicted octanol–water partition coefficient (Wildman–Crippen LogP) is 2.67. The van der Waals surface area contributed by atoms with Gasteiger partial charge in [-0.15, -0.1) is 0 Å². The van der Waals surface area contributed by atoms with Gasteiger partial charge in [0.2, 0.25) is 0 Å². The Morgan fingerprint density at radius 2 is 1.62 bits per heavy atom. The molecule has 0 amide bonds. The minimum absolute atomic E-state index is 0.0845. The summed E-state index contributed by atoms with van der Waals surface area (Å²) in [6.07, 6.45) is 0. The lowest BCUT2D eigenvalue weighted by Gasteiger charge is -2.16. The van der Waals surface area contributed by atoms with Crippen LogP contribution >= 0.6 is 11.6 Å². The molecule has 0 bridgehead atoms. The fraction of sp³-hybridized carbons (Fsp3) is 0.364. The Balaban J connectivity index is 3.71. The number of carboxylic acid groups (broad SMARTS) is 1. The van der Waals surface area contributed by atoms with Crippen molar-refractivity contribution in [1.82, 2.24) is 0 Å². The van der Waals surface area contributed by atoms with Gasteiger partial charge in [0.1, 0.15) is 17.1 Å². The zero-order valence-electron chi connectivity index (χ0n) is 9.55. The summed E-state index contributed by atoms with van der Waals surface area (Å²) in [7, 11) is 2.86. The van der Waals surface area contributed by atoms with Gasteiger partial charge in [-0.3, -0.25) is 0 Å². The van der Waals surface area contributed by atoms with E-state index in [0.29, 0.717) is 21.9 Å². The van der Waals surface area contributed by atoms with Crippen LogP contribution in [0, 0.1) is 13.8 Å². The first-order chi connectivity index (χ1) is 7.45. The third kappa shape index (κ3) is 1.80. The molecule has 1 N–H and O–H groups in total. The van der Waals surface area contributed by atoms with Crippen LogP contribution in [-0.4, -0.2) is 25.3 Å². The Labute approximate surface area is 98.7 Å². The Bertz CT molecular complexity index is 440. The number of methoxy groups -OCH3 is 2. The van der Waals surface area contributed by atoms with Crippen LogP contribution in [0.2, 0.25) is 5.02 Å². The summed E-state index contributed by atoms with van der Waals surface area (Å²) in [5.74, 6) is -0.416. The maximum absolute atomic E-state index is 11.2. The van der Waals surface area contributed by atoms with Gasteiger partial charge >= 0.3 is 5.97 Å². The SMILES string of the molecule is COc1c(C)c(C(=O)O)c(OC)c(C)c1Cl. The van der Waals surface area contributed by atoms with Gasteiger partial charge in [-0.2, -0.15) is 0 Å². The summed E-state index contributed by atoms with van der Waals surface area (Å²) in [5.41, 5.74) is 1.10. The monoisotopic (exact) mass is 244 g/mol. The molecular weight excluding hydrogens is 232 g/mol. The van der Waals surface area contributed by atoms with Crippen LogP contribution in [0.3, 0.4) is 0 Å². The van der Waals surface area contributed by atoms with Gasteiger partial charge in [0.25, 0.3) is 0 Å². The molecule has 1 rings (SSSR count). The van der Waals surface area contributed by atoms with Crippen molar-refractivity contribution in [2.75, 3.05) is 14.2 Å². The van der Waals surface area contributed by atoms with Gasteiger partial charge in [-0.1, -0.05) is 11.6 Å². The highest BCUT2D eigenvalue weighted by Gasteiger charge is 2.23. The van der Waals surface area contributed by atoms with Gasteiger partial charge in [0.05, 0.1) is 19.2 Å². The standard InChI is InChI=1S/C11H13ClO4/c1-5-7(11(13)14)9(15-3)6(2)8(12)10(5)16-4/h1-4H3,(H,13,14). The molecule has 0 heterocycles. The van der Waals surface area contributed by atoms with Gasteiger partial charge in [0.15, 0.2) is 0 Å². The fourth-order valence-corrected chi connectivity index (χ4v) is 1.97. The van der Waals surface area contributed by atoms with Crippen LogP contribution in [-0.2, 0) is 0 Å². The normalized spacial score (nSPS) is 10.1. The molecule has 0 aliphatic carbocycles. The summed E-state index contributed by atoms with van der Waals surface area (Å²) < 4.78 is 10.2. The summed E-state index contributed by atoms with van der Waals surface area (Å²) in [6.45, 7) is 3.33. The van der Waals surface area contributed by atoms with Crippen molar-refractivity contribution in [3.05, 3.63) is 21.7 Å². The average Bonchev–Trinajstić information content (AvgIpc) is 2.23. The summed E-state index contributed by atoms with van der Waals surface area (Å²) in [4.78, 5) is 11.2. The molecule has 88 valence electrons. The first-order valence-electron chi connectivity index (χ1n) is 4.59. The van der Waals surface area contributed by atoms with Gasteiger partial charge in [-0.25, -0.2) is 4.79 Å². The molecule has 0 fully saturated rings.